The van der Waals surface area contributed by atoms with Gasteiger partial charge < -0.3 is 5.32 Å². The van der Waals surface area contributed by atoms with Gasteiger partial charge >= 0.3 is 0 Å². The van der Waals surface area contributed by atoms with E-state index in [1.165, 1.54) is 24.0 Å². The Bertz CT molecular complexity index is 432. The molecule has 0 radical (unpaired) electrons. The molecule has 3 rings (SSSR count). The van der Waals surface area contributed by atoms with Crippen molar-refractivity contribution in [3.63, 3.8) is 0 Å². The Morgan fingerprint density at radius 3 is 2.87 bits per heavy atom. The molecule has 1 N–H and O–H groups in total. The zero-order chi connectivity index (χ0) is 10.5. The minimum atomic E-state index is 0.102. The molecule has 2 heteroatoms. The third-order valence-corrected chi connectivity index (χ3v) is 3.75. The quantitative estimate of drug-likeness (QED) is 0.740. The topological polar surface area (TPSA) is 29.1 Å². The van der Waals surface area contributed by atoms with Crippen LogP contribution in [0.1, 0.15) is 41.3 Å². The van der Waals surface area contributed by atoms with Crippen LogP contribution in [-0.2, 0) is 11.8 Å². The highest BCUT2D eigenvalue weighted by molar-refractivity contribution is 5.97. The van der Waals surface area contributed by atoms with Crippen molar-refractivity contribution in [2.24, 2.45) is 0 Å². The Morgan fingerprint density at radius 1 is 1.40 bits per heavy atom. The van der Waals surface area contributed by atoms with E-state index in [9.17, 15) is 4.79 Å². The second kappa shape index (κ2) is 2.84. The molecule has 2 aliphatic rings. The molecule has 1 fully saturated rings. The molecule has 0 saturated heterocycles. The lowest BCUT2D eigenvalue weighted by Crippen LogP contribution is -2.39. The van der Waals surface area contributed by atoms with Gasteiger partial charge in [-0.3, -0.25) is 4.79 Å². The van der Waals surface area contributed by atoms with Gasteiger partial charge in [0.25, 0.3) is 5.91 Å². The number of nitrogens with one attached hydrogen (secondary N) is 1. The number of rotatable bonds is 1. The van der Waals surface area contributed by atoms with Gasteiger partial charge in [0, 0.05) is 17.5 Å². The van der Waals surface area contributed by atoms with Crippen LogP contribution in [-0.4, -0.2) is 12.5 Å². The summed E-state index contributed by atoms with van der Waals surface area (Å²) in [4.78, 5) is 11.7. The van der Waals surface area contributed by atoms with E-state index in [4.69, 9.17) is 0 Å². The summed E-state index contributed by atoms with van der Waals surface area (Å²) in [7, 11) is 0. The van der Waals surface area contributed by atoms with Crippen molar-refractivity contribution in [3.05, 3.63) is 34.9 Å². The van der Waals surface area contributed by atoms with Gasteiger partial charge in [0.15, 0.2) is 0 Å². The van der Waals surface area contributed by atoms with Crippen LogP contribution in [0.25, 0.3) is 0 Å². The monoisotopic (exact) mass is 201 g/mol. The molecule has 1 aromatic rings. The molecule has 78 valence electrons. The predicted molar refractivity (Wildman–Crippen MR) is 59.1 cm³/mol. The molecule has 15 heavy (non-hydrogen) atoms. The number of aryl methyl sites for hydroxylation is 1. The average molecular weight is 201 g/mol. The number of benzene rings is 1. The number of hydrogen-bond acceptors (Lipinski definition) is 1. The highest BCUT2D eigenvalue weighted by atomic mass is 16.1. The molecule has 0 bridgehead atoms. The van der Waals surface area contributed by atoms with Crippen molar-refractivity contribution < 1.29 is 4.79 Å². The molecule has 1 aliphatic carbocycles. The van der Waals surface area contributed by atoms with Gasteiger partial charge in [-0.1, -0.05) is 19.1 Å². The summed E-state index contributed by atoms with van der Waals surface area (Å²) in [6.45, 7) is 3.00. The van der Waals surface area contributed by atoms with Gasteiger partial charge in [0.2, 0.25) is 0 Å². The lowest BCUT2D eigenvalue weighted by atomic mass is 9.86. The molecule has 1 aliphatic heterocycles. The molecule has 1 saturated carbocycles. The minimum absolute atomic E-state index is 0.102. The van der Waals surface area contributed by atoms with Crippen LogP contribution in [0.2, 0.25) is 0 Å². The molecule has 1 aromatic carbocycles. The first-order valence-electron chi connectivity index (χ1n) is 5.67. The summed E-state index contributed by atoms with van der Waals surface area (Å²) in [6, 6.07) is 6.30. The lowest BCUT2D eigenvalue weighted by molar-refractivity contribution is 0.0937. The molecular formula is C13H15NO. The minimum Gasteiger partial charge on any atom is -0.351 e. The second-order valence-corrected chi connectivity index (χ2v) is 4.70. The van der Waals surface area contributed by atoms with E-state index in [2.05, 4.69) is 24.4 Å². The number of amides is 1. The Morgan fingerprint density at radius 2 is 2.20 bits per heavy atom. The SMILES string of the molecule is CCc1ccc2c(c1)C1(CC1)CNC2=O. The second-order valence-electron chi connectivity index (χ2n) is 4.70. The van der Waals surface area contributed by atoms with Crippen molar-refractivity contribution in [1.29, 1.82) is 0 Å². The van der Waals surface area contributed by atoms with E-state index in [0.29, 0.717) is 5.41 Å². The third-order valence-electron chi connectivity index (χ3n) is 3.75. The van der Waals surface area contributed by atoms with Gasteiger partial charge in [0.05, 0.1) is 0 Å². The van der Waals surface area contributed by atoms with E-state index < -0.39 is 0 Å². The first-order chi connectivity index (χ1) is 7.25. The maximum absolute atomic E-state index is 11.7. The van der Waals surface area contributed by atoms with E-state index in [-0.39, 0.29) is 5.91 Å². The normalized spacial score (nSPS) is 21.0. The van der Waals surface area contributed by atoms with Crippen molar-refractivity contribution in [1.82, 2.24) is 5.32 Å². The van der Waals surface area contributed by atoms with Gasteiger partial charge in [-0.25, -0.2) is 0 Å². The van der Waals surface area contributed by atoms with E-state index in [1.807, 2.05) is 6.07 Å². The first-order valence-corrected chi connectivity index (χ1v) is 5.67. The van der Waals surface area contributed by atoms with Crippen LogP contribution in [0.3, 0.4) is 0 Å². The first kappa shape index (κ1) is 8.96. The van der Waals surface area contributed by atoms with Crippen molar-refractivity contribution >= 4 is 5.91 Å². The van der Waals surface area contributed by atoms with E-state index in [0.717, 1.165) is 18.5 Å². The fourth-order valence-electron chi connectivity index (χ4n) is 2.49. The molecule has 1 amide bonds. The summed E-state index contributed by atoms with van der Waals surface area (Å²) in [5, 5.41) is 2.99. The van der Waals surface area contributed by atoms with Crippen LogP contribution in [0.5, 0.6) is 0 Å². The van der Waals surface area contributed by atoms with Crippen LogP contribution in [0, 0.1) is 0 Å². The van der Waals surface area contributed by atoms with Crippen molar-refractivity contribution in [3.8, 4) is 0 Å². The molecule has 0 aromatic heterocycles. The molecular weight excluding hydrogens is 186 g/mol. The maximum atomic E-state index is 11.7. The smallest absolute Gasteiger partial charge is 0.251 e. The Labute approximate surface area is 89.7 Å². The van der Waals surface area contributed by atoms with Gasteiger partial charge in [-0.15, -0.1) is 0 Å². The van der Waals surface area contributed by atoms with Crippen molar-refractivity contribution in [2.45, 2.75) is 31.6 Å². The number of fused-ring (bicyclic) bond motifs is 2. The van der Waals surface area contributed by atoms with Gasteiger partial charge in [-0.05, 0) is 36.5 Å². The van der Waals surface area contributed by atoms with E-state index in [1.54, 1.807) is 0 Å². The standard InChI is InChI=1S/C13H15NO/c1-2-9-3-4-10-11(7-9)13(5-6-13)8-14-12(10)15/h3-4,7H,2,5-6,8H2,1H3,(H,14,15). The summed E-state index contributed by atoms with van der Waals surface area (Å²) < 4.78 is 0. The molecule has 0 atom stereocenters. The molecule has 2 nitrogen and oxygen atoms in total. The molecule has 1 spiro atoms. The zero-order valence-corrected chi connectivity index (χ0v) is 8.97. The predicted octanol–water partition coefficient (Wildman–Crippen LogP) is 2.02. The highest BCUT2D eigenvalue weighted by Crippen LogP contribution is 2.50. The van der Waals surface area contributed by atoms with Crippen LogP contribution in [0.4, 0.5) is 0 Å². The summed E-state index contributed by atoms with van der Waals surface area (Å²) in [5.74, 6) is 0.102. The zero-order valence-electron chi connectivity index (χ0n) is 8.97. The molecule has 0 unspecified atom stereocenters. The Hall–Kier alpha value is -1.31. The number of hydrogen-bond donors (Lipinski definition) is 1. The molecule has 1 heterocycles. The van der Waals surface area contributed by atoms with Crippen LogP contribution < -0.4 is 5.32 Å². The van der Waals surface area contributed by atoms with Gasteiger partial charge in [-0.2, -0.15) is 0 Å². The Balaban J connectivity index is 2.16. The fraction of sp³-hybridized carbons (Fsp3) is 0.462. The fourth-order valence-corrected chi connectivity index (χ4v) is 2.49. The van der Waals surface area contributed by atoms with Crippen LogP contribution >= 0.6 is 0 Å². The van der Waals surface area contributed by atoms with Crippen molar-refractivity contribution in [2.75, 3.05) is 6.54 Å². The van der Waals surface area contributed by atoms with Crippen LogP contribution in [0.15, 0.2) is 18.2 Å². The largest absolute Gasteiger partial charge is 0.351 e. The number of carbonyl (C=O) groups is 1. The third kappa shape index (κ3) is 1.21. The summed E-state index contributed by atoms with van der Waals surface area (Å²) >= 11 is 0. The average Bonchev–Trinajstić information content (AvgIpc) is 3.05. The number of carbonyl (C=O) groups excluding carboxylic acids is 1. The summed E-state index contributed by atoms with van der Waals surface area (Å²) in [5.41, 5.74) is 3.84. The maximum Gasteiger partial charge on any atom is 0.251 e. The van der Waals surface area contributed by atoms with E-state index >= 15 is 0 Å². The highest BCUT2D eigenvalue weighted by Gasteiger charge is 2.48. The van der Waals surface area contributed by atoms with Gasteiger partial charge in [0.1, 0.15) is 0 Å². The lowest BCUT2D eigenvalue weighted by Gasteiger charge is -2.26. The summed E-state index contributed by atoms with van der Waals surface area (Å²) in [6.07, 6.45) is 3.51. The Kier molecular flexibility index (Phi) is 1.70.